The summed E-state index contributed by atoms with van der Waals surface area (Å²) in [6.07, 6.45) is 4.09. The van der Waals surface area contributed by atoms with Crippen LogP contribution < -0.4 is 5.32 Å². The van der Waals surface area contributed by atoms with E-state index < -0.39 is 8.80 Å². The Bertz CT molecular complexity index is 337. The summed E-state index contributed by atoms with van der Waals surface area (Å²) in [5, 5.41) is 2.91. The number of urea groups is 1. The van der Waals surface area contributed by atoms with Crippen molar-refractivity contribution < 1.29 is 18.1 Å². The number of rotatable bonds is 14. The van der Waals surface area contributed by atoms with Crippen LogP contribution in [0.25, 0.3) is 0 Å². The van der Waals surface area contributed by atoms with Gasteiger partial charge < -0.3 is 23.5 Å². The first kappa shape index (κ1) is 21.8. The molecule has 23 heavy (non-hydrogen) atoms. The second-order valence-corrected chi connectivity index (χ2v) is 7.56. The smallest absolute Gasteiger partial charge is 0.374 e. The van der Waals surface area contributed by atoms with Crippen molar-refractivity contribution >= 4 is 14.8 Å². The summed E-state index contributed by atoms with van der Waals surface area (Å²) in [7, 11) is -2.76. The Kier molecular flexibility index (Phi) is 12.6. The summed E-state index contributed by atoms with van der Waals surface area (Å²) < 4.78 is 17.5. The van der Waals surface area contributed by atoms with Gasteiger partial charge in [-0.1, -0.05) is 12.2 Å². The molecular weight excluding hydrogens is 312 g/mol. The quantitative estimate of drug-likeness (QED) is 0.299. The van der Waals surface area contributed by atoms with Crippen molar-refractivity contribution in [3.63, 3.8) is 0 Å². The van der Waals surface area contributed by atoms with E-state index >= 15 is 0 Å². The van der Waals surface area contributed by atoms with E-state index in [-0.39, 0.29) is 6.03 Å². The van der Waals surface area contributed by atoms with Gasteiger partial charge in [-0.25, -0.2) is 4.79 Å². The molecule has 0 aliphatic rings. The molecule has 6 nitrogen and oxygen atoms in total. The van der Waals surface area contributed by atoms with Crippen molar-refractivity contribution in [1.82, 2.24) is 10.2 Å². The molecule has 0 rings (SSSR count). The maximum atomic E-state index is 11.9. The number of carbonyl (C=O) groups is 1. The molecule has 0 saturated carbocycles. The summed E-state index contributed by atoms with van der Waals surface area (Å²) in [6.45, 7) is 16.4. The molecule has 1 N–H and O–H groups in total. The van der Waals surface area contributed by atoms with Crippen LogP contribution in [-0.2, 0) is 13.3 Å². The highest BCUT2D eigenvalue weighted by Gasteiger charge is 2.39. The van der Waals surface area contributed by atoms with Gasteiger partial charge in [0.2, 0.25) is 0 Å². The van der Waals surface area contributed by atoms with Crippen molar-refractivity contribution in [1.29, 1.82) is 0 Å². The van der Waals surface area contributed by atoms with Gasteiger partial charge in [0.1, 0.15) is 0 Å². The summed E-state index contributed by atoms with van der Waals surface area (Å²) in [6, 6.07) is 0.596. The third-order valence-corrected chi connectivity index (χ3v) is 6.10. The third kappa shape index (κ3) is 8.90. The summed E-state index contributed by atoms with van der Waals surface area (Å²) in [5.74, 6) is 0. The van der Waals surface area contributed by atoms with Crippen molar-refractivity contribution in [3.8, 4) is 0 Å². The van der Waals surface area contributed by atoms with Crippen LogP contribution in [0.3, 0.4) is 0 Å². The molecule has 0 fully saturated rings. The van der Waals surface area contributed by atoms with Crippen LogP contribution in [-0.4, -0.2) is 59.2 Å². The van der Waals surface area contributed by atoms with E-state index in [9.17, 15) is 4.79 Å². The number of hydrogen-bond donors (Lipinski definition) is 1. The SMILES string of the molecule is C=CCO[Si](CCCNC(=O)N(CC)CC)(OCC)OCC=C. The van der Waals surface area contributed by atoms with Gasteiger partial charge in [-0.2, -0.15) is 0 Å². The molecule has 0 bridgehead atoms. The molecule has 0 atom stereocenters. The molecular formula is C16H32N2O4Si. The second-order valence-electron chi connectivity index (χ2n) is 4.82. The Hall–Kier alpha value is -1.15. The second kappa shape index (κ2) is 13.3. The van der Waals surface area contributed by atoms with Gasteiger partial charge in [-0.3, -0.25) is 0 Å². The zero-order valence-corrected chi connectivity index (χ0v) is 15.8. The fraction of sp³-hybridized carbons (Fsp3) is 0.688. The predicted molar refractivity (Wildman–Crippen MR) is 95.4 cm³/mol. The van der Waals surface area contributed by atoms with Crippen molar-refractivity contribution in [2.24, 2.45) is 0 Å². The Morgan fingerprint density at radius 2 is 1.65 bits per heavy atom. The Morgan fingerprint density at radius 3 is 2.09 bits per heavy atom. The topological polar surface area (TPSA) is 60.0 Å². The molecule has 0 saturated heterocycles. The van der Waals surface area contributed by atoms with E-state index in [1.165, 1.54) is 0 Å². The van der Waals surface area contributed by atoms with E-state index in [1.807, 2.05) is 20.8 Å². The third-order valence-electron chi connectivity index (χ3n) is 3.19. The zero-order valence-electron chi connectivity index (χ0n) is 14.8. The molecule has 7 heteroatoms. The first-order valence-corrected chi connectivity index (χ1v) is 10.2. The van der Waals surface area contributed by atoms with Crippen molar-refractivity contribution in [2.75, 3.05) is 39.5 Å². The normalized spacial score (nSPS) is 11.1. The maximum absolute atomic E-state index is 11.9. The molecule has 0 aliphatic carbocycles. The van der Waals surface area contributed by atoms with Gasteiger partial charge >= 0.3 is 14.8 Å². The largest absolute Gasteiger partial charge is 0.501 e. The highest BCUT2D eigenvalue weighted by molar-refractivity contribution is 6.60. The number of nitrogens with one attached hydrogen (secondary N) is 1. The highest BCUT2D eigenvalue weighted by Crippen LogP contribution is 2.18. The standard InChI is InChI=1S/C16H32N2O4Si/c1-6-13-21-23(20-10-5,22-14-7-2)15-11-12-17-16(19)18(8-3)9-4/h6-7H,1-2,8-15H2,3-5H3,(H,17,19). The molecule has 0 heterocycles. The summed E-state index contributed by atoms with van der Waals surface area (Å²) in [5.41, 5.74) is 0. The molecule has 0 spiro atoms. The lowest BCUT2D eigenvalue weighted by Crippen LogP contribution is -2.47. The minimum absolute atomic E-state index is 0.0438. The fourth-order valence-corrected chi connectivity index (χ4v) is 4.53. The first-order chi connectivity index (χ1) is 11.1. The molecule has 0 aliphatic heterocycles. The van der Waals surface area contributed by atoms with Crippen LogP contribution in [0.4, 0.5) is 4.79 Å². The van der Waals surface area contributed by atoms with Crippen LogP contribution in [0.15, 0.2) is 25.3 Å². The molecule has 0 aromatic rings. The van der Waals surface area contributed by atoms with Gasteiger partial charge in [0.25, 0.3) is 0 Å². The molecule has 0 radical (unpaired) electrons. The summed E-state index contributed by atoms with van der Waals surface area (Å²) in [4.78, 5) is 13.7. The van der Waals surface area contributed by atoms with Gasteiger partial charge in [0.05, 0.1) is 13.2 Å². The monoisotopic (exact) mass is 344 g/mol. The Balaban J connectivity index is 4.48. The number of nitrogens with zero attached hydrogens (tertiary/aromatic N) is 1. The number of hydrogen-bond acceptors (Lipinski definition) is 4. The van der Waals surface area contributed by atoms with E-state index in [4.69, 9.17) is 13.3 Å². The lowest BCUT2D eigenvalue weighted by atomic mass is 10.4. The summed E-state index contributed by atoms with van der Waals surface area (Å²) >= 11 is 0. The number of carbonyl (C=O) groups excluding carboxylic acids is 1. The zero-order chi connectivity index (χ0) is 17.6. The van der Waals surface area contributed by atoms with Crippen molar-refractivity contribution in [2.45, 2.75) is 33.2 Å². The highest BCUT2D eigenvalue weighted by atomic mass is 28.4. The van der Waals surface area contributed by atoms with Crippen LogP contribution in [0, 0.1) is 0 Å². The Labute approximate surface area is 141 Å². The minimum Gasteiger partial charge on any atom is -0.374 e. The van der Waals surface area contributed by atoms with E-state index in [2.05, 4.69) is 18.5 Å². The van der Waals surface area contributed by atoms with E-state index in [1.54, 1.807) is 17.1 Å². The van der Waals surface area contributed by atoms with E-state index in [0.29, 0.717) is 45.5 Å². The lowest BCUT2D eigenvalue weighted by molar-refractivity contribution is 0.0804. The van der Waals surface area contributed by atoms with Gasteiger partial charge in [0.15, 0.2) is 0 Å². The van der Waals surface area contributed by atoms with Gasteiger partial charge in [-0.05, 0) is 27.2 Å². The fourth-order valence-electron chi connectivity index (χ4n) is 2.06. The lowest BCUT2D eigenvalue weighted by Gasteiger charge is -2.28. The van der Waals surface area contributed by atoms with Crippen LogP contribution in [0.5, 0.6) is 0 Å². The van der Waals surface area contributed by atoms with Crippen LogP contribution in [0.2, 0.25) is 6.04 Å². The predicted octanol–water partition coefficient (Wildman–Crippen LogP) is 2.81. The van der Waals surface area contributed by atoms with Crippen molar-refractivity contribution in [3.05, 3.63) is 25.3 Å². The Morgan fingerprint density at radius 1 is 1.09 bits per heavy atom. The molecule has 0 unspecified atom stereocenters. The van der Waals surface area contributed by atoms with Crippen LogP contribution in [0.1, 0.15) is 27.2 Å². The first-order valence-electron chi connectivity index (χ1n) is 8.25. The van der Waals surface area contributed by atoms with E-state index in [0.717, 1.165) is 6.42 Å². The molecule has 0 aromatic carbocycles. The molecule has 0 aromatic heterocycles. The number of amides is 2. The molecule has 134 valence electrons. The average molecular weight is 345 g/mol. The van der Waals surface area contributed by atoms with Crippen LogP contribution >= 0.6 is 0 Å². The molecule has 2 amide bonds. The maximum Gasteiger partial charge on any atom is 0.501 e. The van der Waals surface area contributed by atoms with Gasteiger partial charge in [0, 0.05) is 32.3 Å². The van der Waals surface area contributed by atoms with Gasteiger partial charge in [-0.15, -0.1) is 13.2 Å². The average Bonchev–Trinajstić information content (AvgIpc) is 2.56. The minimum atomic E-state index is -2.76.